The molecule has 6 rings (SSSR count). The quantitative estimate of drug-likeness (QED) is 0.0415. The molecule has 0 aromatic rings. The molecule has 0 aromatic carbocycles. The highest BCUT2D eigenvalue weighted by Crippen LogP contribution is 2.49. The molecule has 6 aliphatic carbocycles. The van der Waals surface area contributed by atoms with Crippen molar-refractivity contribution in [3.8, 4) is 0 Å². The summed E-state index contributed by atoms with van der Waals surface area (Å²) in [6.45, 7) is 21.0. The van der Waals surface area contributed by atoms with Crippen LogP contribution in [0.3, 0.4) is 0 Å². The van der Waals surface area contributed by atoms with Crippen molar-refractivity contribution in [3.63, 3.8) is 0 Å². The van der Waals surface area contributed by atoms with Crippen LogP contribution in [-0.2, 0) is 84.4 Å². The van der Waals surface area contributed by atoms with E-state index in [-0.39, 0.29) is 32.5 Å². The molecule has 0 aliphatic heterocycles. The van der Waals surface area contributed by atoms with Gasteiger partial charge in [0.15, 0.2) is 0 Å². The standard InChI is InChI=1S/C68H138O19Si6/c1-15-63(33-21-34-63)57-77-45-27-51-88(69-7,70-8)83-90(73-11,53-29-47-79-59-65(17-3)37-23-38-65)85-92(75-13,55-31-49-81-61-67(19-5)41-25-42-67)87-93(76-14,56-32-50-82-62-68(20-6)43-26-44-68)86-91(74-12,54-30-48-80-60-66(18-4)39-24-40-66)84-89(71-9,72-10)52-28-46-78-58-64(16-2)35-22-36-64/h15-62H2,1-14H3. The minimum absolute atomic E-state index is 0.210. The van der Waals surface area contributed by atoms with Gasteiger partial charge in [0, 0.05) is 133 Å². The van der Waals surface area contributed by atoms with E-state index in [0.29, 0.717) is 141 Å². The number of hydrogen-bond donors (Lipinski definition) is 0. The lowest BCUT2D eigenvalue weighted by atomic mass is 9.68. The van der Waals surface area contributed by atoms with Gasteiger partial charge in [0.1, 0.15) is 0 Å². The lowest BCUT2D eigenvalue weighted by Crippen LogP contribution is -2.69. The normalized spacial score (nSPS) is 22.8. The second-order valence-corrected chi connectivity index (χ2v) is 48.0. The van der Waals surface area contributed by atoms with Crippen LogP contribution in [0.15, 0.2) is 0 Å². The largest absolute Gasteiger partial charge is 0.493 e. The fourth-order valence-corrected chi connectivity index (χ4v) is 40.2. The molecule has 548 valence electrons. The number of rotatable bonds is 60. The van der Waals surface area contributed by atoms with Gasteiger partial charge in [-0.2, -0.15) is 0 Å². The third-order valence-electron chi connectivity index (χ3n) is 24.1. The smallest absolute Gasteiger partial charge is 0.381 e. The molecule has 0 bridgehead atoms. The van der Waals surface area contributed by atoms with Gasteiger partial charge in [0.25, 0.3) is 0 Å². The van der Waals surface area contributed by atoms with Gasteiger partial charge < -0.3 is 84.4 Å². The van der Waals surface area contributed by atoms with Crippen LogP contribution in [0, 0.1) is 32.5 Å². The minimum atomic E-state index is -4.21. The average Bonchev–Trinajstić information content (AvgIpc) is 0.804. The number of ether oxygens (including phenoxy) is 6. The summed E-state index contributed by atoms with van der Waals surface area (Å²) in [7, 11) is -10.3. The molecule has 19 nitrogen and oxygen atoms in total. The summed E-state index contributed by atoms with van der Waals surface area (Å²) in [5.41, 5.74) is 1.43. The van der Waals surface area contributed by atoms with E-state index in [1.165, 1.54) is 116 Å². The van der Waals surface area contributed by atoms with Crippen LogP contribution in [0.1, 0.15) is 234 Å². The van der Waals surface area contributed by atoms with Crippen molar-refractivity contribution in [2.75, 3.05) is 136 Å². The summed E-state index contributed by atoms with van der Waals surface area (Å²) in [4.78, 5) is 0. The maximum atomic E-state index is 7.96. The predicted octanol–water partition coefficient (Wildman–Crippen LogP) is 15.8. The summed E-state index contributed by atoms with van der Waals surface area (Å²) < 4.78 is 132. The average molecular weight is 1430 g/mol. The summed E-state index contributed by atoms with van der Waals surface area (Å²) in [5.74, 6) is 0. The lowest BCUT2D eigenvalue weighted by Gasteiger charge is -2.46. The van der Waals surface area contributed by atoms with Crippen molar-refractivity contribution in [2.24, 2.45) is 32.5 Å². The SMILES string of the molecule is CCC1(COCCC[Si](OC)(OC)O[Si](CCCOCC2(CC)CCC2)(OC)O[Si](CCCOCC2(CC)CCC2)(OC)O[Si](CCCOCC2(CC)CCC2)(OC)O[Si](CCCOCC2(CC)CCC2)(OC)O[Si](CCCOCC2(CC)CCC2)(OC)OC)CCC1. The first-order chi connectivity index (χ1) is 44.9. The monoisotopic (exact) mass is 1430 g/mol. The fourth-order valence-electron chi connectivity index (χ4n) is 15.0. The van der Waals surface area contributed by atoms with E-state index >= 15 is 0 Å². The number of hydrogen-bond acceptors (Lipinski definition) is 19. The van der Waals surface area contributed by atoms with Crippen molar-refractivity contribution in [1.82, 2.24) is 0 Å². The molecular weight excluding hydrogens is 1290 g/mol. The van der Waals surface area contributed by atoms with Crippen LogP contribution in [0.4, 0.5) is 0 Å². The Morgan fingerprint density at radius 1 is 0.215 bits per heavy atom. The Morgan fingerprint density at radius 3 is 0.473 bits per heavy atom. The fraction of sp³-hybridized carbons (Fsp3) is 1.00. The van der Waals surface area contributed by atoms with Gasteiger partial charge in [0.05, 0.1) is 39.6 Å². The molecule has 25 heteroatoms. The van der Waals surface area contributed by atoms with Gasteiger partial charge in [-0.1, -0.05) is 80.1 Å². The molecule has 4 atom stereocenters. The molecule has 0 radical (unpaired) electrons. The van der Waals surface area contributed by atoms with Crippen LogP contribution in [0.5, 0.6) is 0 Å². The van der Waals surface area contributed by atoms with Crippen LogP contribution < -0.4 is 0 Å². The molecule has 6 saturated carbocycles. The van der Waals surface area contributed by atoms with E-state index in [9.17, 15) is 0 Å². The third-order valence-corrected chi connectivity index (χ3v) is 47.3. The van der Waals surface area contributed by atoms with Crippen molar-refractivity contribution in [3.05, 3.63) is 0 Å². The third kappa shape index (κ3) is 23.3. The zero-order valence-electron chi connectivity index (χ0n) is 61.7. The maximum absolute atomic E-state index is 7.96. The van der Waals surface area contributed by atoms with Gasteiger partial charge in [-0.25, -0.2) is 0 Å². The van der Waals surface area contributed by atoms with Gasteiger partial charge in [-0.05, 0) is 187 Å². The second kappa shape index (κ2) is 39.8. The van der Waals surface area contributed by atoms with Crippen molar-refractivity contribution >= 4 is 52.8 Å². The Bertz CT molecular complexity index is 1860. The molecule has 0 spiro atoms. The topological polar surface area (TPSA) is 175 Å². The van der Waals surface area contributed by atoms with Crippen molar-refractivity contribution in [1.29, 1.82) is 0 Å². The Balaban J connectivity index is 1.40. The lowest BCUT2D eigenvalue weighted by molar-refractivity contribution is -0.0122. The van der Waals surface area contributed by atoms with E-state index in [4.69, 9.17) is 84.4 Å². The molecular formula is C68H138O19Si6. The molecule has 93 heavy (non-hydrogen) atoms. The molecule has 0 saturated heterocycles. The summed E-state index contributed by atoms with van der Waals surface area (Å²) in [6, 6.07) is 2.32. The van der Waals surface area contributed by atoms with Gasteiger partial charge in [-0.3, -0.25) is 0 Å². The molecule has 0 heterocycles. The van der Waals surface area contributed by atoms with E-state index in [0.717, 1.165) is 51.7 Å². The van der Waals surface area contributed by atoms with Crippen LogP contribution in [-0.4, -0.2) is 189 Å². The highest BCUT2D eigenvalue weighted by atomic mass is 28.5. The summed E-state index contributed by atoms with van der Waals surface area (Å²) in [5, 5.41) is 0. The van der Waals surface area contributed by atoms with Crippen LogP contribution in [0.25, 0.3) is 0 Å². The summed E-state index contributed by atoms with van der Waals surface area (Å²) >= 11 is 0. The van der Waals surface area contributed by atoms with Gasteiger partial charge >= 0.3 is 52.8 Å². The van der Waals surface area contributed by atoms with E-state index in [1.54, 1.807) is 56.9 Å². The Labute approximate surface area is 573 Å². The van der Waals surface area contributed by atoms with Crippen LogP contribution in [0.2, 0.25) is 36.3 Å². The van der Waals surface area contributed by atoms with E-state index in [2.05, 4.69) is 41.5 Å². The van der Waals surface area contributed by atoms with Gasteiger partial charge in [0.2, 0.25) is 0 Å². The highest BCUT2D eigenvalue weighted by molar-refractivity contribution is 6.87. The first-order valence-corrected chi connectivity index (χ1v) is 48.8. The van der Waals surface area contributed by atoms with Crippen molar-refractivity contribution < 1.29 is 84.4 Å². The zero-order valence-corrected chi connectivity index (χ0v) is 67.7. The second-order valence-electron chi connectivity index (χ2n) is 29.4. The Morgan fingerprint density at radius 2 is 0.355 bits per heavy atom. The van der Waals surface area contributed by atoms with Gasteiger partial charge in [-0.15, -0.1) is 0 Å². The maximum Gasteiger partial charge on any atom is 0.493 e. The minimum Gasteiger partial charge on any atom is -0.381 e. The Kier molecular flexibility index (Phi) is 35.3. The molecule has 6 aliphatic rings. The van der Waals surface area contributed by atoms with E-state index in [1.807, 2.05) is 0 Å². The molecule has 6 fully saturated rings. The van der Waals surface area contributed by atoms with Crippen molar-refractivity contribution in [2.45, 2.75) is 270 Å². The van der Waals surface area contributed by atoms with E-state index < -0.39 is 52.8 Å². The first-order valence-electron chi connectivity index (χ1n) is 37.3. The Hall–Kier alpha value is 0.541. The molecule has 0 aromatic heterocycles. The molecule has 0 N–H and O–H groups in total. The first kappa shape index (κ1) is 82.5. The zero-order chi connectivity index (χ0) is 67.4. The summed E-state index contributed by atoms with van der Waals surface area (Å²) in [6.07, 6.45) is 31.9. The molecule has 4 unspecified atom stereocenters. The highest BCUT2D eigenvalue weighted by Gasteiger charge is 2.65. The predicted molar refractivity (Wildman–Crippen MR) is 377 cm³/mol. The molecule has 0 amide bonds. The van der Waals surface area contributed by atoms with Crippen LogP contribution >= 0.6 is 0 Å².